The van der Waals surface area contributed by atoms with E-state index in [0.29, 0.717) is 31.0 Å². The number of hydrogen-bond donors (Lipinski definition) is 4. The van der Waals surface area contributed by atoms with Crippen LogP contribution in [-0.4, -0.2) is 55.6 Å². The summed E-state index contributed by atoms with van der Waals surface area (Å²) >= 11 is 0. The van der Waals surface area contributed by atoms with E-state index in [-0.39, 0.29) is 35.9 Å². The van der Waals surface area contributed by atoms with Crippen molar-refractivity contribution in [3.63, 3.8) is 0 Å². The molecule has 11 nitrogen and oxygen atoms in total. The van der Waals surface area contributed by atoms with Gasteiger partial charge >= 0.3 is 6.09 Å². The molecule has 4 N–H and O–H groups in total. The molecule has 0 saturated carbocycles. The Hall–Kier alpha value is -4.51. The summed E-state index contributed by atoms with van der Waals surface area (Å²) in [5, 5.41) is 19.4. The van der Waals surface area contributed by atoms with Crippen LogP contribution in [0.15, 0.2) is 55.3 Å². The molecule has 0 radical (unpaired) electrons. The van der Waals surface area contributed by atoms with E-state index in [4.69, 9.17) is 4.74 Å². The molecule has 2 amide bonds. The van der Waals surface area contributed by atoms with Crippen LogP contribution in [0.2, 0.25) is 0 Å². The number of carbonyl (C=O) groups is 2. The maximum Gasteiger partial charge on any atom is 0.410 e. The molecule has 0 bridgehead atoms. The number of aliphatic hydroxyl groups is 1. The Kier molecular flexibility index (Phi) is 8.57. The number of hydrogen-bond acceptors (Lipinski definition) is 9. The fraction of sp³-hybridized carbons (Fsp3) is 0.367. The number of fused-ring (bicyclic) bond motifs is 1. The highest BCUT2D eigenvalue weighted by atomic mass is 16.6. The van der Waals surface area contributed by atoms with Crippen LogP contribution < -0.4 is 16.0 Å². The standard InChI is InChI=1S/C30H37N7O4/c1-7-14-31-26(38)22-17-32-27(36-25(22)35-24-10-8-9-23(34-24)30(5,6)40)33-21-12-11-20-18-37(15-13-19(20)16-21)28(39)41-29(2,3)4/h7-12,16-17,40H,1,13-15,18H2,2-6H3,(H,31,38)(H2,32,33,34,35,36). The van der Waals surface area contributed by atoms with Crippen molar-refractivity contribution >= 4 is 35.3 Å². The quantitative estimate of drug-likeness (QED) is 0.286. The lowest BCUT2D eigenvalue weighted by molar-refractivity contribution is 0.0224. The van der Waals surface area contributed by atoms with Crippen molar-refractivity contribution in [1.82, 2.24) is 25.2 Å². The lowest BCUT2D eigenvalue weighted by Gasteiger charge is -2.31. The molecule has 0 atom stereocenters. The fourth-order valence-corrected chi connectivity index (χ4v) is 4.17. The first-order valence-corrected chi connectivity index (χ1v) is 13.4. The number of anilines is 4. The van der Waals surface area contributed by atoms with Gasteiger partial charge in [-0.1, -0.05) is 18.2 Å². The van der Waals surface area contributed by atoms with Gasteiger partial charge in [-0.2, -0.15) is 4.98 Å². The van der Waals surface area contributed by atoms with Gasteiger partial charge in [0, 0.05) is 31.5 Å². The van der Waals surface area contributed by atoms with Crippen molar-refractivity contribution in [3.8, 4) is 0 Å². The molecule has 1 aliphatic heterocycles. The molecule has 2 aromatic heterocycles. The summed E-state index contributed by atoms with van der Waals surface area (Å²) < 4.78 is 5.52. The van der Waals surface area contributed by atoms with Gasteiger partial charge in [0.2, 0.25) is 5.95 Å². The van der Waals surface area contributed by atoms with E-state index in [2.05, 4.69) is 37.5 Å². The van der Waals surface area contributed by atoms with Crippen LogP contribution in [0.5, 0.6) is 0 Å². The fourth-order valence-electron chi connectivity index (χ4n) is 4.17. The third-order valence-electron chi connectivity index (χ3n) is 6.19. The van der Waals surface area contributed by atoms with Gasteiger partial charge in [0.05, 0.1) is 5.69 Å². The lowest BCUT2D eigenvalue weighted by atomic mass is 9.99. The van der Waals surface area contributed by atoms with Crippen LogP contribution in [0.3, 0.4) is 0 Å². The highest BCUT2D eigenvalue weighted by Crippen LogP contribution is 2.27. The van der Waals surface area contributed by atoms with E-state index in [1.165, 1.54) is 6.20 Å². The number of ether oxygens (including phenoxy) is 1. The van der Waals surface area contributed by atoms with Crippen LogP contribution in [0.1, 0.15) is 61.8 Å². The molecule has 11 heteroatoms. The number of aromatic nitrogens is 3. The Morgan fingerprint density at radius 1 is 1.10 bits per heavy atom. The Morgan fingerprint density at radius 3 is 2.59 bits per heavy atom. The van der Waals surface area contributed by atoms with Gasteiger partial charge in [-0.05, 0) is 76.4 Å². The molecule has 1 aliphatic rings. The maximum atomic E-state index is 12.8. The van der Waals surface area contributed by atoms with Crippen LogP contribution in [0.25, 0.3) is 0 Å². The van der Waals surface area contributed by atoms with Crippen LogP contribution in [0.4, 0.5) is 28.1 Å². The summed E-state index contributed by atoms with van der Waals surface area (Å²) in [5.74, 6) is 0.559. The molecule has 4 rings (SSSR count). The van der Waals surface area contributed by atoms with Crippen molar-refractivity contribution < 1.29 is 19.4 Å². The number of nitrogens with one attached hydrogen (secondary N) is 3. The largest absolute Gasteiger partial charge is 0.444 e. The van der Waals surface area contributed by atoms with Gasteiger partial charge in [-0.25, -0.2) is 14.8 Å². The smallest absolute Gasteiger partial charge is 0.410 e. The van der Waals surface area contributed by atoms with Crippen LogP contribution >= 0.6 is 0 Å². The van der Waals surface area contributed by atoms with Crippen molar-refractivity contribution in [1.29, 1.82) is 0 Å². The summed E-state index contributed by atoms with van der Waals surface area (Å²) in [6.07, 6.45) is 3.38. The molecule has 3 aromatic rings. The number of nitrogens with zero attached hydrogens (tertiary/aromatic N) is 4. The first-order valence-electron chi connectivity index (χ1n) is 13.4. The second-order valence-electron chi connectivity index (χ2n) is 11.3. The monoisotopic (exact) mass is 559 g/mol. The lowest BCUT2D eigenvalue weighted by Crippen LogP contribution is -2.39. The third-order valence-corrected chi connectivity index (χ3v) is 6.19. The molecule has 0 spiro atoms. The predicted molar refractivity (Wildman–Crippen MR) is 157 cm³/mol. The molecule has 0 aliphatic carbocycles. The Balaban J connectivity index is 1.56. The summed E-state index contributed by atoms with van der Waals surface area (Å²) in [4.78, 5) is 40.5. The molecule has 3 heterocycles. The summed E-state index contributed by atoms with van der Waals surface area (Å²) in [7, 11) is 0. The van der Waals surface area contributed by atoms with E-state index in [1.54, 1.807) is 43.0 Å². The molecule has 216 valence electrons. The van der Waals surface area contributed by atoms with Crippen molar-refractivity contribution in [2.24, 2.45) is 0 Å². The number of carbonyl (C=O) groups excluding carboxylic acids is 2. The zero-order valence-electron chi connectivity index (χ0n) is 24.1. The molecule has 41 heavy (non-hydrogen) atoms. The number of rotatable bonds is 8. The number of pyridine rings is 1. The van der Waals surface area contributed by atoms with Gasteiger partial charge in [0.1, 0.15) is 28.4 Å². The second kappa shape index (κ2) is 11.9. The predicted octanol–water partition coefficient (Wildman–Crippen LogP) is 4.80. The Morgan fingerprint density at radius 2 is 1.88 bits per heavy atom. The van der Waals surface area contributed by atoms with Crippen LogP contribution in [-0.2, 0) is 23.3 Å². The topological polar surface area (TPSA) is 142 Å². The van der Waals surface area contributed by atoms with Gasteiger partial charge in [0.25, 0.3) is 5.91 Å². The summed E-state index contributed by atoms with van der Waals surface area (Å²) in [5.41, 5.74) is 1.93. The van der Waals surface area contributed by atoms with Gasteiger partial charge in [-0.15, -0.1) is 6.58 Å². The van der Waals surface area contributed by atoms with E-state index >= 15 is 0 Å². The average molecular weight is 560 g/mol. The Bertz CT molecular complexity index is 1440. The minimum atomic E-state index is -1.14. The van der Waals surface area contributed by atoms with E-state index in [1.807, 2.05) is 39.0 Å². The first kappa shape index (κ1) is 29.5. The minimum Gasteiger partial charge on any atom is -0.444 e. The first-order chi connectivity index (χ1) is 19.3. The maximum absolute atomic E-state index is 12.8. The normalized spacial score (nSPS) is 13.2. The van der Waals surface area contributed by atoms with Gasteiger partial charge < -0.3 is 30.7 Å². The summed E-state index contributed by atoms with van der Waals surface area (Å²) in [6, 6.07) is 11.1. The van der Waals surface area contributed by atoms with Crippen molar-refractivity contribution in [2.45, 2.75) is 58.8 Å². The molecule has 0 unspecified atom stereocenters. The molecular weight excluding hydrogens is 522 g/mol. The molecular formula is C30H37N7O4. The number of benzene rings is 1. The molecule has 0 saturated heterocycles. The zero-order chi connectivity index (χ0) is 29.8. The van der Waals surface area contributed by atoms with Crippen molar-refractivity contribution in [3.05, 3.63) is 77.6 Å². The third kappa shape index (κ3) is 7.79. The summed E-state index contributed by atoms with van der Waals surface area (Å²) in [6.45, 7) is 13.8. The highest BCUT2D eigenvalue weighted by molar-refractivity contribution is 5.99. The second-order valence-corrected chi connectivity index (χ2v) is 11.3. The molecule has 1 aromatic carbocycles. The number of amides is 2. The highest BCUT2D eigenvalue weighted by Gasteiger charge is 2.26. The average Bonchev–Trinajstić information content (AvgIpc) is 2.90. The molecule has 0 fully saturated rings. The zero-order valence-corrected chi connectivity index (χ0v) is 24.1. The SMILES string of the molecule is C=CCNC(=O)c1cnc(Nc2ccc3c(c2)CCN(C(=O)OC(C)(C)C)C3)nc1Nc1cccc(C(C)(C)O)n1. The van der Waals surface area contributed by atoms with Crippen molar-refractivity contribution in [2.75, 3.05) is 23.7 Å². The Labute approximate surface area is 240 Å². The minimum absolute atomic E-state index is 0.223. The van der Waals surface area contributed by atoms with Gasteiger partial charge in [0.15, 0.2) is 0 Å². The van der Waals surface area contributed by atoms with E-state index in [0.717, 1.165) is 16.8 Å². The van der Waals surface area contributed by atoms with E-state index < -0.39 is 11.2 Å². The van der Waals surface area contributed by atoms with E-state index in [9.17, 15) is 14.7 Å². The van der Waals surface area contributed by atoms with Gasteiger partial charge in [-0.3, -0.25) is 4.79 Å². The van der Waals surface area contributed by atoms with Crippen LogP contribution in [0, 0.1) is 0 Å².